The number of carbonyl (C=O) groups is 1. The molecule has 104 valence electrons. The molecule has 21 heavy (non-hydrogen) atoms. The Kier molecular flexibility index (Phi) is 3.51. The van der Waals surface area contributed by atoms with E-state index in [0.29, 0.717) is 5.75 Å². The molecule has 0 aliphatic rings. The fourth-order valence-corrected chi connectivity index (χ4v) is 2.19. The lowest BCUT2D eigenvalue weighted by Crippen LogP contribution is -2.03. The van der Waals surface area contributed by atoms with Crippen molar-refractivity contribution in [3.63, 3.8) is 0 Å². The molecule has 1 aromatic heterocycles. The molecule has 4 nitrogen and oxygen atoms in total. The van der Waals surface area contributed by atoms with Gasteiger partial charge in [-0.2, -0.15) is 5.10 Å². The van der Waals surface area contributed by atoms with Crippen molar-refractivity contribution in [2.24, 2.45) is 0 Å². The first kappa shape index (κ1) is 13.1. The second kappa shape index (κ2) is 5.63. The van der Waals surface area contributed by atoms with Crippen molar-refractivity contribution in [2.45, 2.75) is 6.92 Å². The van der Waals surface area contributed by atoms with E-state index in [1.807, 2.05) is 60.7 Å². The summed E-state index contributed by atoms with van der Waals surface area (Å²) in [5, 5.41) is 4.36. The number of para-hydroxylation sites is 1. The molecular weight excluding hydrogens is 264 g/mol. The molecule has 3 aromatic rings. The highest BCUT2D eigenvalue weighted by molar-refractivity contribution is 5.75. The van der Waals surface area contributed by atoms with E-state index in [1.165, 1.54) is 6.92 Å². The molecule has 0 aliphatic carbocycles. The van der Waals surface area contributed by atoms with Gasteiger partial charge in [-0.25, -0.2) is 4.68 Å². The molecular formula is C17H14N2O2. The van der Waals surface area contributed by atoms with Crippen LogP contribution in [0.3, 0.4) is 0 Å². The smallest absolute Gasteiger partial charge is 0.308 e. The SMILES string of the molecule is CC(=O)Oc1cnn(-c2ccccc2)c1-c1ccccc1. The summed E-state index contributed by atoms with van der Waals surface area (Å²) in [7, 11) is 0. The van der Waals surface area contributed by atoms with Gasteiger partial charge in [-0.1, -0.05) is 48.5 Å². The Morgan fingerprint density at radius 3 is 2.24 bits per heavy atom. The Labute approximate surface area is 122 Å². The van der Waals surface area contributed by atoms with Crippen molar-refractivity contribution in [1.82, 2.24) is 9.78 Å². The fraction of sp³-hybridized carbons (Fsp3) is 0.0588. The van der Waals surface area contributed by atoms with E-state index in [4.69, 9.17) is 4.74 Å². The Balaban J connectivity index is 2.18. The molecule has 3 rings (SSSR count). The molecule has 0 spiro atoms. The second-order valence-corrected chi connectivity index (χ2v) is 4.56. The summed E-state index contributed by atoms with van der Waals surface area (Å²) in [6.45, 7) is 1.38. The summed E-state index contributed by atoms with van der Waals surface area (Å²) < 4.78 is 7.05. The Bertz CT molecular complexity index is 749. The van der Waals surface area contributed by atoms with E-state index in [-0.39, 0.29) is 5.97 Å². The highest BCUT2D eigenvalue weighted by Gasteiger charge is 2.16. The summed E-state index contributed by atoms with van der Waals surface area (Å²) in [5.74, 6) is 0.0948. The lowest BCUT2D eigenvalue weighted by atomic mass is 10.1. The number of benzene rings is 2. The van der Waals surface area contributed by atoms with Crippen LogP contribution in [0.25, 0.3) is 16.9 Å². The number of esters is 1. The largest absolute Gasteiger partial charge is 0.423 e. The van der Waals surface area contributed by atoms with Crippen molar-refractivity contribution >= 4 is 5.97 Å². The molecule has 1 heterocycles. The van der Waals surface area contributed by atoms with Gasteiger partial charge in [-0.05, 0) is 12.1 Å². The van der Waals surface area contributed by atoms with Crippen LogP contribution >= 0.6 is 0 Å². The van der Waals surface area contributed by atoms with Crippen LogP contribution in [0.5, 0.6) is 5.75 Å². The molecule has 0 fully saturated rings. The van der Waals surface area contributed by atoms with Crippen LogP contribution in [0.1, 0.15) is 6.92 Å². The first-order valence-electron chi connectivity index (χ1n) is 6.63. The van der Waals surface area contributed by atoms with Crippen LogP contribution in [0.4, 0.5) is 0 Å². The number of rotatable bonds is 3. The quantitative estimate of drug-likeness (QED) is 0.689. The fourth-order valence-electron chi connectivity index (χ4n) is 2.19. The lowest BCUT2D eigenvalue weighted by molar-refractivity contribution is -0.131. The average Bonchev–Trinajstić information content (AvgIpc) is 2.92. The van der Waals surface area contributed by atoms with E-state index in [1.54, 1.807) is 10.9 Å². The Morgan fingerprint density at radius 2 is 1.62 bits per heavy atom. The Morgan fingerprint density at radius 1 is 1.00 bits per heavy atom. The van der Waals surface area contributed by atoms with E-state index in [0.717, 1.165) is 16.9 Å². The van der Waals surface area contributed by atoms with Crippen LogP contribution in [0.15, 0.2) is 66.9 Å². The highest BCUT2D eigenvalue weighted by atomic mass is 16.5. The van der Waals surface area contributed by atoms with Crippen LogP contribution in [0.2, 0.25) is 0 Å². The predicted molar refractivity (Wildman–Crippen MR) is 80.3 cm³/mol. The lowest BCUT2D eigenvalue weighted by Gasteiger charge is -2.09. The van der Waals surface area contributed by atoms with Gasteiger partial charge in [0.25, 0.3) is 0 Å². The third kappa shape index (κ3) is 2.69. The maximum Gasteiger partial charge on any atom is 0.308 e. The monoisotopic (exact) mass is 278 g/mol. The normalized spacial score (nSPS) is 10.3. The number of ether oxygens (including phenoxy) is 1. The standard InChI is InChI=1S/C17H14N2O2/c1-13(20)21-16-12-18-19(15-10-6-3-7-11-15)17(16)14-8-4-2-5-9-14/h2-12H,1H3. The summed E-state index contributed by atoms with van der Waals surface area (Å²) >= 11 is 0. The van der Waals surface area contributed by atoms with Gasteiger partial charge >= 0.3 is 5.97 Å². The van der Waals surface area contributed by atoms with E-state index < -0.39 is 0 Å². The summed E-state index contributed by atoms with van der Waals surface area (Å²) in [4.78, 5) is 11.3. The zero-order chi connectivity index (χ0) is 14.7. The summed E-state index contributed by atoms with van der Waals surface area (Å²) in [5.41, 5.74) is 2.61. The number of carbonyl (C=O) groups excluding carboxylic acids is 1. The predicted octanol–water partition coefficient (Wildman–Crippen LogP) is 3.46. The van der Waals surface area contributed by atoms with Gasteiger partial charge in [-0.15, -0.1) is 0 Å². The molecule has 4 heteroatoms. The van der Waals surface area contributed by atoms with Gasteiger partial charge in [0.05, 0.1) is 11.9 Å². The number of hydrogen-bond acceptors (Lipinski definition) is 3. The molecule has 2 aromatic carbocycles. The third-order valence-corrected chi connectivity index (χ3v) is 3.04. The van der Waals surface area contributed by atoms with Gasteiger partial charge in [0.15, 0.2) is 5.75 Å². The van der Waals surface area contributed by atoms with E-state index in [9.17, 15) is 4.79 Å². The molecule has 0 unspecified atom stereocenters. The van der Waals surface area contributed by atoms with Crippen molar-refractivity contribution < 1.29 is 9.53 Å². The van der Waals surface area contributed by atoms with Crippen LogP contribution in [0, 0.1) is 0 Å². The molecule has 0 atom stereocenters. The van der Waals surface area contributed by atoms with Gasteiger partial charge in [0, 0.05) is 12.5 Å². The minimum Gasteiger partial charge on any atom is -0.423 e. The highest BCUT2D eigenvalue weighted by Crippen LogP contribution is 2.32. The van der Waals surface area contributed by atoms with Gasteiger partial charge in [-0.3, -0.25) is 4.79 Å². The maximum absolute atomic E-state index is 11.3. The minimum absolute atomic E-state index is 0.361. The first-order valence-corrected chi connectivity index (χ1v) is 6.63. The van der Waals surface area contributed by atoms with Crippen molar-refractivity contribution in [3.8, 4) is 22.7 Å². The van der Waals surface area contributed by atoms with Crippen molar-refractivity contribution in [2.75, 3.05) is 0 Å². The maximum atomic E-state index is 11.3. The molecule has 0 aliphatic heterocycles. The topological polar surface area (TPSA) is 44.1 Å². The molecule has 0 saturated heterocycles. The second-order valence-electron chi connectivity index (χ2n) is 4.56. The van der Waals surface area contributed by atoms with Gasteiger partial charge in [0.1, 0.15) is 5.69 Å². The van der Waals surface area contributed by atoms with Crippen LogP contribution < -0.4 is 4.74 Å². The zero-order valence-corrected chi connectivity index (χ0v) is 11.6. The number of aromatic nitrogens is 2. The third-order valence-electron chi connectivity index (χ3n) is 3.04. The molecule has 0 N–H and O–H groups in total. The number of hydrogen-bond donors (Lipinski definition) is 0. The molecule has 0 saturated carbocycles. The van der Waals surface area contributed by atoms with Gasteiger partial charge in [0.2, 0.25) is 0 Å². The zero-order valence-electron chi connectivity index (χ0n) is 11.6. The molecule has 0 radical (unpaired) electrons. The van der Waals surface area contributed by atoms with Crippen LogP contribution in [-0.2, 0) is 4.79 Å². The minimum atomic E-state index is -0.361. The van der Waals surface area contributed by atoms with E-state index >= 15 is 0 Å². The Hall–Kier alpha value is -2.88. The molecule has 0 amide bonds. The number of nitrogens with zero attached hydrogens (tertiary/aromatic N) is 2. The summed E-state index contributed by atoms with van der Waals surface area (Å²) in [6.07, 6.45) is 1.57. The first-order chi connectivity index (χ1) is 10.3. The van der Waals surface area contributed by atoms with Crippen molar-refractivity contribution in [1.29, 1.82) is 0 Å². The molecule has 0 bridgehead atoms. The summed E-state index contributed by atoms with van der Waals surface area (Å²) in [6, 6.07) is 19.5. The van der Waals surface area contributed by atoms with Gasteiger partial charge < -0.3 is 4.74 Å². The van der Waals surface area contributed by atoms with Crippen molar-refractivity contribution in [3.05, 3.63) is 66.9 Å². The van der Waals surface area contributed by atoms with E-state index in [2.05, 4.69) is 5.10 Å². The van der Waals surface area contributed by atoms with Crippen LogP contribution in [-0.4, -0.2) is 15.7 Å². The average molecular weight is 278 g/mol.